The van der Waals surface area contributed by atoms with Crippen molar-refractivity contribution in [1.29, 1.82) is 0 Å². The van der Waals surface area contributed by atoms with Gasteiger partial charge in [0.2, 0.25) is 0 Å². The summed E-state index contributed by atoms with van der Waals surface area (Å²) in [7, 11) is 0. The van der Waals surface area contributed by atoms with E-state index < -0.39 is 0 Å². The maximum Gasteiger partial charge on any atom is 0.0958 e. The minimum absolute atomic E-state index is 0.273. The summed E-state index contributed by atoms with van der Waals surface area (Å²) in [5.41, 5.74) is 2.15. The second-order valence-corrected chi connectivity index (χ2v) is 6.04. The highest BCUT2D eigenvalue weighted by Gasteiger charge is 2.12. The van der Waals surface area contributed by atoms with Gasteiger partial charge in [0.1, 0.15) is 0 Å². The Morgan fingerprint density at radius 2 is 2.00 bits per heavy atom. The third-order valence-electron chi connectivity index (χ3n) is 3.40. The van der Waals surface area contributed by atoms with Gasteiger partial charge in [-0.05, 0) is 12.3 Å². The first kappa shape index (κ1) is 14.2. The zero-order valence-corrected chi connectivity index (χ0v) is 12.4. The minimum Gasteiger partial charge on any atom is -0.393 e. The summed E-state index contributed by atoms with van der Waals surface area (Å²) >= 11 is 1.64. The van der Waals surface area contributed by atoms with Gasteiger partial charge < -0.3 is 5.11 Å². The van der Waals surface area contributed by atoms with Crippen LogP contribution in [0, 0.1) is 5.92 Å². The Balaban J connectivity index is 1.98. The van der Waals surface area contributed by atoms with Crippen LogP contribution in [0.5, 0.6) is 0 Å². The lowest BCUT2D eigenvalue weighted by molar-refractivity contribution is 0.144. The van der Waals surface area contributed by atoms with Gasteiger partial charge in [-0.25, -0.2) is 4.98 Å². The Morgan fingerprint density at radius 3 is 2.68 bits per heavy atom. The molecule has 0 saturated heterocycles. The van der Waals surface area contributed by atoms with Gasteiger partial charge in [0.15, 0.2) is 0 Å². The summed E-state index contributed by atoms with van der Waals surface area (Å²) in [4.78, 5) is 4.61. The fourth-order valence-corrected chi connectivity index (χ4v) is 2.94. The van der Waals surface area contributed by atoms with Crippen LogP contribution in [0.4, 0.5) is 0 Å². The van der Waals surface area contributed by atoms with Crippen molar-refractivity contribution in [2.45, 2.75) is 39.2 Å². The lowest BCUT2D eigenvalue weighted by Gasteiger charge is -2.13. The fourth-order valence-electron chi connectivity index (χ4n) is 2.06. The SMILES string of the molecule is CCC(C)CC(O)Cc1nc(-c2ccccc2)cs1. The van der Waals surface area contributed by atoms with Gasteiger partial charge in [0.05, 0.1) is 16.8 Å². The number of hydrogen-bond acceptors (Lipinski definition) is 3. The molecule has 1 N–H and O–H groups in total. The molecule has 0 aliphatic carbocycles. The molecule has 2 atom stereocenters. The predicted molar refractivity (Wildman–Crippen MR) is 81.3 cm³/mol. The Labute approximate surface area is 119 Å². The molecule has 0 fully saturated rings. The molecule has 1 aromatic carbocycles. The van der Waals surface area contributed by atoms with Crippen LogP contribution in [0.2, 0.25) is 0 Å². The maximum atomic E-state index is 10.1. The van der Waals surface area contributed by atoms with Gasteiger partial charge in [0.25, 0.3) is 0 Å². The number of hydrogen-bond donors (Lipinski definition) is 1. The zero-order chi connectivity index (χ0) is 13.7. The summed E-state index contributed by atoms with van der Waals surface area (Å²) in [5.74, 6) is 0.573. The van der Waals surface area contributed by atoms with Crippen LogP contribution in [-0.4, -0.2) is 16.2 Å². The molecule has 0 radical (unpaired) electrons. The molecule has 0 spiro atoms. The standard InChI is InChI=1S/C16H21NOS/c1-3-12(2)9-14(18)10-16-17-15(11-19-16)13-7-5-4-6-8-13/h4-8,11-12,14,18H,3,9-10H2,1-2H3. The molecular formula is C16H21NOS. The predicted octanol–water partition coefficient (Wildman–Crippen LogP) is 4.15. The molecule has 0 aliphatic heterocycles. The minimum atomic E-state index is -0.273. The molecule has 2 unspecified atom stereocenters. The Kier molecular flexibility index (Phi) is 5.11. The largest absolute Gasteiger partial charge is 0.393 e. The summed E-state index contributed by atoms with van der Waals surface area (Å²) in [6.07, 6.45) is 2.37. The quantitative estimate of drug-likeness (QED) is 0.859. The van der Waals surface area contributed by atoms with Crippen LogP contribution in [0.15, 0.2) is 35.7 Å². The van der Waals surface area contributed by atoms with Crippen LogP contribution >= 0.6 is 11.3 Å². The Hall–Kier alpha value is -1.19. The first-order chi connectivity index (χ1) is 9.19. The number of aromatic nitrogens is 1. The van der Waals surface area contributed by atoms with Gasteiger partial charge in [-0.2, -0.15) is 0 Å². The molecule has 0 aliphatic rings. The highest BCUT2D eigenvalue weighted by Crippen LogP contribution is 2.23. The van der Waals surface area contributed by atoms with Crippen molar-refractivity contribution >= 4 is 11.3 Å². The van der Waals surface area contributed by atoms with Crippen molar-refractivity contribution in [3.63, 3.8) is 0 Å². The molecule has 19 heavy (non-hydrogen) atoms. The van der Waals surface area contributed by atoms with Gasteiger partial charge >= 0.3 is 0 Å². The molecule has 3 heteroatoms. The Morgan fingerprint density at radius 1 is 1.26 bits per heavy atom. The van der Waals surface area contributed by atoms with Crippen molar-refractivity contribution in [3.05, 3.63) is 40.7 Å². The van der Waals surface area contributed by atoms with Gasteiger partial charge in [-0.3, -0.25) is 0 Å². The van der Waals surface area contributed by atoms with E-state index in [1.165, 1.54) is 0 Å². The van der Waals surface area contributed by atoms with Crippen molar-refractivity contribution < 1.29 is 5.11 Å². The molecule has 2 rings (SSSR count). The van der Waals surface area contributed by atoms with Crippen LogP contribution in [-0.2, 0) is 6.42 Å². The third kappa shape index (κ3) is 4.15. The fraction of sp³-hybridized carbons (Fsp3) is 0.438. The van der Waals surface area contributed by atoms with E-state index in [9.17, 15) is 5.11 Å². The molecule has 2 nitrogen and oxygen atoms in total. The number of aliphatic hydroxyl groups excluding tert-OH is 1. The first-order valence-electron chi connectivity index (χ1n) is 6.87. The van der Waals surface area contributed by atoms with Gasteiger partial charge in [-0.15, -0.1) is 11.3 Å². The zero-order valence-electron chi connectivity index (χ0n) is 11.5. The number of aliphatic hydroxyl groups is 1. The van der Waals surface area contributed by atoms with E-state index in [1.54, 1.807) is 11.3 Å². The van der Waals surface area contributed by atoms with Gasteiger partial charge in [-0.1, -0.05) is 50.6 Å². The van der Waals surface area contributed by atoms with E-state index >= 15 is 0 Å². The van der Waals surface area contributed by atoms with Crippen LogP contribution in [0.25, 0.3) is 11.3 Å². The first-order valence-corrected chi connectivity index (χ1v) is 7.75. The van der Waals surface area contributed by atoms with Crippen LogP contribution < -0.4 is 0 Å². The van der Waals surface area contributed by atoms with Gasteiger partial charge in [0, 0.05) is 17.4 Å². The molecule has 0 bridgehead atoms. The second-order valence-electron chi connectivity index (χ2n) is 5.10. The van der Waals surface area contributed by atoms with Crippen molar-refractivity contribution in [1.82, 2.24) is 4.98 Å². The molecule has 1 aromatic heterocycles. The van der Waals surface area contributed by atoms with E-state index in [4.69, 9.17) is 0 Å². The average Bonchev–Trinajstić information content (AvgIpc) is 2.88. The van der Waals surface area contributed by atoms with Crippen LogP contribution in [0.3, 0.4) is 0 Å². The molecule has 1 heterocycles. The number of rotatable bonds is 6. The second kappa shape index (κ2) is 6.83. The summed E-state index contributed by atoms with van der Waals surface area (Å²) < 4.78 is 0. The average molecular weight is 275 g/mol. The topological polar surface area (TPSA) is 33.1 Å². The summed E-state index contributed by atoms with van der Waals surface area (Å²) in [6, 6.07) is 10.2. The number of thiazole rings is 1. The van der Waals surface area contributed by atoms with E-state index in [2.05, 4.69) is 36.3 Å². The molecule has 0 saturated carbocycles. The Bertz CT molecular complexity index is 494. The van der Waals surface area contributed by atoms with Crippen molar-refractivity contribution in [2.75, 3.05) is 0 Å². The van der Waals surface area contributed by atoms with E-state index in [0.29, 0.717) is 12.3 Å². The maximum absolute atomic E-state index is 10.1. The number of benzene rings is 1. The highest BCUT2D eigenvalue weighted by atomic mass is 32.1. The van der Waals surface area contributed by atoms with Crippen LogP contribution in [0.1, 0.15) is 31.7 Å². The van der Waals surface area contributed by atoms with Crippen molar-refractivity contribution in [3.8, 4) is 11.3 Å². The molecule has 102 valence electrons. The molecule has 0 amide bonds. The third-order valence-corrected chi connectivity index (χ3v) is 4.27. The highest BCUT2D eigenvalue weighted by molar-refractivity contribution is 7.09. The van der Waals surface area contributed by atoms with Crippen molar-refractivity contribution in [2.24, 2.45) is 5.92 Å². The lowest BCUT2D eigenvalue weighted by atomic mass is 10.00. The monoisotopic (exact) mass is 275 g/mol. The molecule has 2 aromatic rings. The van der Waals surface area contributed by atoms with E-state index in [1.807, 2.05) is 18.2 Å². The molecular weight excluding hydrogens is 254 g/mol. The smallest absolute Gasteiger partial charge is 0.0958 e. The summed E-state index contributed by atoms with van der Waals surface area (Å²) in [6.45, 7) is 4.34. The number of nitrogens with zero attached hydrogens (tertiary/aromatic N) is 1. The summed E-state index contributed by atoms with van der Waals surface area (Å²) in [5, 5.41) is 13.1. The van der Waals surface area contributed by atoms with E-state index in [0.717, 1.165) is 29.1 Å². The normalized spacial score (nSPS) is 14.3. The lowest BCUT2D eigenvalue weighted by Crippen LogP contribution is -2.14. The van der Waals surface area contributed by atoms with E-state index in [-0.39, 0.29) is 6.10 Å².